The highest BCUT2D eigenvalue weighted by Crippen LogP contribution is 2.31. The van der Waals surface area contributed by atoms with Crippen molar-refractivity contribution in [3.05, 3.63) is 23.8 Å². The molecule has 1 aromatic rings. The molecule has 0 aliphatic carbocycles. The Hall–Kier alpha value is -1.79. The molecular weight excluding hydrogens is 274 g/mol. The summed E-state index contributed by atoms with van der Waals surface area (Å²) in [5.41, 5.74) is 1.02. The van der Waals surface area contributed by atoms with Gasteiger partial charge in [-0.05, 0) is 24.1 Å². The maximum atomic E-state index is 10.9. The predicted molar refractivity (Wildman–Crippen MR) is 77.1 cm³/mol. The van der Waals surface area contributed by atoms with Gasteiger partial charge in [-0.25, -0.2) is 0 Å². The molecule has 0 saturated carbocycles. The van der Waals surface area contributed by atoms with Gasteiger partial charge in [0.25, 0.3) is 0 Å². The van der Waals surface area contributed by atoms with Crippen LogP contribution in [0.4, 0.5) is 0 Å². The van der Waals surface area contributed by atoms with Crippen LogP contribution in [0.15, 0.2) is 18.2 Å². The van der Waals surface area contributed by atoms with Crippen molar-refractivity contribution >= 4 is 5.97 Å². The van der Waals surface area contributed by atoms with Crippen LogP contribution in [0.5, 0.6) is 11.5 Å². The Kier molecular flexibility index (Phi) is 5.83. The molecule has 1 atom stereocenters. The summed E-state index contributed by atoms with van der Waals surface area (Å²) in [6.45, 7) is 2.28. The zero-order valence-corrected chi connectivity index (χ0v) is 12.1. The quantitative estimate of drug-likeness (QED) is 0.699. The van der Waals surface area contributed by atoms with E-state index in [4.69, 9.17) is 19.3 Å². The first kappa shape index (κ1) is 15.6. The lowest BCUT2D eigenvalue weighted by atomic mass is 10.0. The lowest BCUT2D eigenvalue weighted by molar-refractivity contribution is -0.137. The Balaban J connectivity index is 1.99. The van der Waals surface area contributed by atoms with Gasteiger partial charge in [0.1, 0.15) is 13.2 Å². The average Bonchev–Trinajstić information content (AvgIpc) is 2.46. The molecule has 0 fully saturated rings. The number of hydrogen-bond acceptors (Lipinski definition) is 5. The van der Waals surface area contributed by atoms with Crippen LogP contribution in [0, 0.1) is 0 Å². The minimum absolute atomic E-state index is 0.0676. The molecular formula is C15H21NO5. The smallest absolute Gasteiger partial charge is 0.304 e. The van der Waals surface area contributed by atoms with Crippen LogP contribution in [-0.4, -0.2) is 50.6 Å². The van der Waals surface area contributed by atoms with Gasteiger partial charge >= 0.3 is 5.97 Å². The third kappa shape index (κ3) is 4.91. The van der Waals surface area contributed by atoms with E-state index in [0.717, 1.165) is 17.1 Å². The zero-order valence-electron chi connectivity index (χ0n) is 12.1. The van der Waals surface area contributed by atoms with Crippen molar-refractivity contribution in [2.75, 3.05) is 33.5 Å². The van der Waals surface area contributed by atoms with E-state index in [2.05, 4.69) is 5.32 Å². The van der Waals surface area contributed by atoms with E-state index in [0.29, 0.717) is 32.8 Å². The molecule has 2 N–H and O–H groups in total. The summed E-state index contributed by atoms with van der Waals surface area (Å²) < 4.78 is 16.0. The first-order chi connectivity index (χ1) is 10.2. The second-order valence-corrected chi connectivity index (χ2v) is 4.92. The Bertz CT molecular complexity index is 477. The van der Waals surface area contributed by atoms with Gasteiger partial charge in [-0.2, -0.15) is 0 Å². The minimum Gasteiger partial charge on any atom is -0.486 e. The van der Waals surface area contributed by atoms with Gasteiger partial charge in [-0.15, -0.1) is 0 Å². The van der Waals surface area contributed by atoms with Crippen molar-refractivity contribution in [2.24, 2.45) is 0 Å². The molecule has 1 unspecified atom stereocenters. The molecule has 0 radical (unpaired) electrons. The molecule has 1 aliphatic heterocycles. The second-order valence-electron chi connectivity index (χ2n) is 4.92. The summed E-state index contributed by atoms with van der Waals surface area (Å²) >= 11 is 0. The minimum atomic E-state index is -0.817. The molecule has 6 heteroatoms. The average molecular weight is 295 g/mol. The molecule has 0 amide bonds. The third-order valence-electron chi connectivity index (χ3n) is 3.25. The number of carboxylic acids is 1. The standard InChI is InChI=1S/C15H21NO5/c1-19-5-4-16-12(10-15(17)18)8-11-2-3-13-14(9-11)21-7-6-20-13/h2-3,9,12,16H,4-8,10H2,1H3,(H,17,18). The van der Waals surface area contributed by atoms with E-state index in [1.54, 1.807) is 7.11 Å². The Morgan fingerprint density at radius 3 is 2.86 bits per heavy atom. The predicted octanol–water partition coefficient (Wildman–Crippen LogP) is 1.08. The highest BCUT2D eigenvalue weighted by atomic mass is 16.6. The Morgan fingerprint density at radius 1 is 1.38 bits per heavy atom. The molecule has 0 spiro atoms. The van der Waals surface area contributed by atoms with Gasteiger partial charge < -0.3 is 24.6 Å². The van der Waals surface area contributed by atoms with Crippen molar-refractivity contribution in [1.29, 1.82) is 0 Å². The Labute approximate surface area is 124 Å². The topological polar surface area (TPSA) is 77.0 Å². The van der Waals surface area contributed by atoms with E-state index in [1.165, 1.54) is 0 Å². The fourth-order valence-electron chi connectivity index (χ4n) is 2.29. The molecule has 116 valence electrons. The lowest BCUT2D eigenvalue weighted by Gasteiger charge is -2.21. The monoisotopic (exact) mass is 295 g/mol. The van der Waals surface area contributed by atoms with Crippen LogP contribution in [0.25, 0.3) is 0 Å². The Morgan fingerprint density at radius 2 is 2.14 bits per heavy atom. The summed E-state index contributed by atoms with van der Waals surface area (Å²) in [4.78, 5) is 10.9. The van der Waals surface area contributed by atoms with Crippen molar-refractivity contribution in [2.45, 2.75) is 18.9 Å². The molecule has 1 heterocycles. The van der Waals surface area contributed by atoms with E-state index in [9.17, 15) is 4.79 Å². The SMILES string of the molecule is COCCNC(CC(=O)O)Cc1ccc2c(c1)OCCO2. The van der Waals surface area contributed by atoms with Crippen molar-refractivity contribution in [3.8, 4) is 11.5 Å². The van der Waals surface area contributed by atoms with Gasteiger partial charge in [0.15, 0.2) is 11.5 Å². The first-order valence-corrected chi connectivity index (χ1v) is 7.01. The van der Waals surface area contributed by atoms with Crippen LogP contribution in [-0.2, 0) is 16.0 Å². The summed E-state index contributed by atoms with van der Waals surface area (Å²) in [5.74, 6) is 0.652. The first-order valence-electron chi connectivity index (χ1n) is 7.01. The van der Waals surface area contributed by atoms with E-state index in [1.807, 2.05) is 18.2 Å². The lowest BCUT2D eigenvalue weighted by Crippen LogP contribution is -2.35. The molecule has 0 bridgehead atoms. The van der Waals surface area contributed by atoms with Crippen LogP contribution >= 0.6 is 0 Å². The maximum absolute atomic E-state index is 10.9. The molecule has 0 aromatic heterocycles. The summed E-state index contributed by atoms with van der Waals surface area (Å²) in [5, 5.41) is 12.2. The fraction of sp³-hybridized carbons (Fsp3) is 0.533. The molecule has 21 heavy (non-hydrogen) atoms. The van der Waals surface area contributed by atoms with E-state index in [-0.39, 0.29) is 12.5 Å². The number of hydrogen-bond donors (Lipinski definition) is 2. The molecule has 1 aromatic carbocycles. The second kappa shape index (κ2) is 7.85. The summed E-state index contributed by atoms with van der Waals surface area (Å²) in [7, 11) is 1.62. The van der Waals surface area contributed by atoms with Gasteiger partial charge in [-0.1, -0.05) is 6.07 Å². The van der Waals surface area contributed by atoms with E-state index < -0.39 is 5.97 Å². The largest absolute Gasteiger partial charge is 0.486 e. The van der Waals surface area contributed by atoms with Crippen LogP contribution in [0.1, 0.15) is 12.0 Å². The fourth-order valence-corrected chi connectivity index (χ4v) is 2.29. The summed E-state index contributed by atoms with van der Waals surface area (Å²) in [6.07, 6.45) is 0.685. The highest BCUT2D eigenvalue weighted by Gasteiger charge is 2.16. The molecule has 0 saturated heterocycles. The van der Waals surface area contributed by atoms with Gasteiger partial charge in [0.2, 0.25) is 0 Å². The number of ether oxygens (including phenoxy) is 3. The molecule has 1 aliphatic rings. The van der Waals surface area contributed by atoms with Crippen molar-refractivity contribution < 1.29 is 24.1 Å². The summed E-state index contributed by atoms with van der Waals surface area (Å²) in [6, 6.07) is 5.60. The van der Waals surface area contributed by atoms with E-state index >= 15 is 0 Å². The number of benzene rings is 1. The van der Waals surface area contributed by atoms with Crippen LogP contribution in [0.3, 0.4) is 0 Å². The third-order valence-corrected chi connectivity index (χ3v) is 3.25. The van der Waals surface area contributed by atoms with Crippen LogP contribution < -0.4 is 14.8 Å². The van der Waals surface area contributed by atoms with Crippen molar-refractivity contribution in [1.82, 2.24) is 5.32 Å². The number of nitrogens with one attached hydrogen (secondary N) is 1. The molecule has 6 nitrogen and oxygen atoms in total. The van der Waals surface area contributed by atoms with Gasteiger partial charge in [0, 0.05) is 19.7 Å². The number of fused-ring (bicyclic) bond motifs is 1. The zero-order chi connectivity index (χ0) is 15.1. The number of aliphatic carboxylic acids is 1. The maximum Gasteiger partial charge on any atom is 0.304 e. The number of carboxylic acid groups (broad SMARTS) is 1. The van der Waals surface area contributed by atoms with Gasteiger partial charge in [-0.3, -0.25) is 4.79 Å². The van der Waals surface area contributed by atoms with Gasteiger partial charge in [0.05, 0.1) is 13.0 Å². The highest BCUT2D eigenvalue weighted by molar-refractivity contribution is 5.67. The number of methoxy groups -OCH3 is 1. The van der Waals surface area contributed by atoms with Crippen molar-refractivity contribution in [3.63, 3.8) is 0 Å². The molecule has 2 rings (SSSR count). The van der Waals surface area contributed by atoms with Crippen LogP contribution in [0.2, 0.25) is 0 Å². The number of carbonyl (C=O) groups is 1. The number of rotatable bonds is 8. The normalized spacial score (nSPS) is 14.7.